The largest absolute Gasteiger partial charge is 0.494 e. The van der Waals surface area contributed by atoms with Crippen LogP contribution in [-0.4, -0.2) is 29.6 Å². The summed E-state index contributed by atoms with van der Waals surface area (Å²) in [4.78, 5) is 3.90. The Bertz CT molecular complexity index is 440. The Balaban J connectivity index is 1.83. The Hall–Kier alpha value is -2.17. The molecule has 2 rings (SSSR count). The van der Waals surface area contributed by atoms with Gasteiger partial charge in [-0.05, 0) is 31.0 Å². The van der Waals surface area contributed by atoms with Crippen molar-refractivity contribution in [2.45, 2.75) is 13.3 Å². The van der Waals surface area contributed by atoms with Crippen molar-refractivity contribution in [1.82, 2.24) is 10.4 Å². The zero-order chi connectivity index (χ0) is 12.8. The predicted molar refractivity (Wildman–Crippen MR) is 70.4 cm³/mol. The Morgan fingerprint density at radius 1 is 1.33 bits per heavy atom. The second-order valence-electron chi connectivity index (χ2n) is 3.91. The van der Waals surface area contributed by atoms with Crippen LogP contribution in [0.1, 0.15) is 12.5 Å². The standard InChI is InChI=1S/C13H17N3O2/c1-2-18-12-5-3-11(4-6-12)7-8-16-10-14-9-13(17)15-16/h3-6,9-10,15,17H,2,7-8H2,1H3. The Kier molecular flexibility index (Phi) is 4.06. The number of nitrogens with zero attached hydrogens (tertiary/aromatic N) is 2. The normalized spacial score (nSPS) is 14.1. The zero-order valence-electron chi connectivity index (χ0n) is 10.3. The van der Waals surface area contributed by atoms with E-state index in [9.17, 15) is 5.11 Å². The van der Waals surface area contributed by atoms with Gasteiger partial charge in [-0.1, -0.05) is 12.1 Å². The van der Waals surface area contributed by atoms with E-state index in [-0.39, 0.29) is 5.88 Å². The molecule has 2 N–H and O–H groups in total. The average Bonchev–Trinajstić information content (AvgIpc) is 2.38. The summed E-state index contributed by atoms with van der Waals surface area (Å²) in [5.41, 5.74) is 4.01. The second kappa shape index (κ2) is 5.95. The van der Waals surface area contributed by atoms with Gasteiger partial charge in [0.15, 0.2) is 0 Å². The van der Waals surface area contributed by atoms with E-state index in [4.69, 9.17) is 4.74 Å². The smallest absolute Gasteiger partial charge is 0.222 e. The number of aliphatic imine (C=N–C) groups is 1. The maximum atomic E-state index is 9.25. The first-order valence-electron chi connectivity index (χ1n) is 5.95. The monoisotopic (exact) mass is 247 g/mol. The quantitative estimate of drug-likeness (QED) is 0.833. The summed E-state index contributed by atoms with van der Waals surface area (Å²) in [6.07, 6.45) is 3.88. The molecule has 0 saturated heterocycles. The molecular weight excluding hydrogens is 230 g/mol. The molecule has 0 bridgehead atoms. The van der Waals surface area contributed by atoms with Gasteiger partial charge in [0.25, 0.3) is 0 Å². The lowest BCUT2D eigenvalue weighted by molar-refractivity contribution is 0.247. The molecule has 0 fully saturated rings. The molecule has 5 heteroatoms. The zero-order valence-corrected chi connectivity index (χ0v) is 10.3. The van der Waals surface area contributed by atoms with E-state index in [2.05, 4.69) is 10.4 Å². The average molecular weight is 247 g/mol. The molecule has 0 aliphatic carbocycles. The third kappa shape index (κ3) is 3.41. The third-order valence-corrected chi connectivity index (χ3v) is 2.54. The fourth-order valence-corrected chi connectivity index (χ4v) is 1.67. The van der Waals surface area contributed by atoms with Crippen LogP contribution < -0.4 is 10.2 Å². The Labute approximate surface area is 106 Å². The summed E-state index contributed by atoms with van der Waals surface area (Å²) >= 11 is 0. The van der Waals surface area contributed by atoms with E-state index in [1.807, 2.05) is 31.2 Å². The first-order valence-corrected chi connectivity index (χ1v) is 5.95. The van der Waals surface area contributed by atoms with Crippen molar-refractivity contribution in [2.24, 2.45) is 4.99 Å². The number of rotatable bonds is 5. The summed E-state index contributed by atoms with van der Waals surface area (Å²) < 4.78 is 5.38. The SMILES string of the molecule is CCOc1ccc(CCN2C=NC=C(O)N2)cc1. The molecule has 1 heterocycles. The first-order chi connectivity index (χ1) is 8.78. The molecule has 5 nitrogen and oxygen atoms in total. The van der Waals surface area contributed by atoms with E-state index in [1.54, 1.807) is 11.3 Å². The lowest BCUT2D eigenvalue weighted by Crippen LogP contribution is -2.39. The summed E-state index contributed by atoms with van der Waals surface area (Å²) in [5.74, 6) is 0.948. The number of hydrogen-bond acceptors (Lipinski definition) is 5. The van der Waals surface area contributed by atoms with E-state index in [1.165, 1.54) is 11.8 Å². The topological polar surface area (TPSA) is 57.1 Å². The first kappa shape index (κ1) is 12.3. The molecule has 1 aliphatic rings. The van der Waals surface area contributed by atoms with Crippen LogP contribution in [0.4, 0.5) is 0 Å². The van der Waals surface area contributed by atoms with E-state index >= 15 is 0 Å². The van der Waals surface area contributed by atoms with Gasteiger partial charge >= 0.3 is 0 Å². The highest BCUT2D eigenvalue weighted by molar-refractivity contribution is 5.56. The van der Waals surface area contributed by atoms with E-state index in [0.717, 1.165) is 18.7 Å². The molecule has 0 saturated carbocycles. The highest BCUT2D eigenvalue weighted by Crippen LogP contribution is 2.12. The molecule has 1 aromatic rings. The summed E-state index contributed by atoms with van der Waals surface area (Å²) in [6, 6.07) is 8.02. The molecular formula is C13H17N3O2. The molecule has 0 unspecified atom stereocenters. The van der Waals surface area contributed by atoms with Gasteiger partial charge in [-0.15, -0.1) is 0 Å². The highest BCUT2D eigenvalue weighted by Gasteiger charge is 2.05. The third-order valence-electron chi connectivity index (χ3n) is 2.54. The molecule has 0 spiro atoms. The van der Waals surface area contributed by atoms with Gasteiger partial charge in [0.05, 0.1) is 12.8 Å². The van der Waals surface area contributed by atoms with Crippen molar-refractivity contribution in [2.75, 3.05) is 13.2 Å². The van der Waals surface area contributed by atoms with Gasteiger partial charge in [-0.3, -0.25) is 10.4 Å². The van der Waals surface area contributed by atoms with Crippen LogP contribution in [0.5, 0.6) is 5.75 Å². The molecule has 0 radical (unpaired) electrons. The van der Waals surface area contributed by atoms with Crippen LogP contribution in [0.2, 0.25) is 0 Å². The van der Waals surface area contributed by atoms with Crippen molar-refractivity contribution in [3.8, 4) is 5.75 Å². The second-order valence-corrected chi connectivity index (χ2v) is 3.91. The van der Waals surface area contributed by atoms with Gasteiger partial charge in [0.1, 0.15) is 12.1 Å². The lowest BCUT2D eigenvalue weighted by atomic mass is 10.1. The molecule has 1 aliphatic heterocycles. The Morgan fingerprint density at radius 3 is 2.78 bits per heavy atom. The number of hydrazine groups is 1. The summed E-state index contributed by atoms with van der Waals surface area (Å²) in [7, 11) is 0. The number of ether oxygens (including phenoxy) is 1. The van der Waals surface area contributed by atoms with Crippen molar-refractivity contribution in [3.05, 3.63) is 41.9 Å². The van der Waals surface area contributed by atoms with Crippen LogP contribution in [0.15, 0.2) is 41.3 Å². The van der Waals surface area contributed by atoms with Crippen LogP contribution in [-0.2, 0) is 6.42 Å². The summed E-state index contributed by atoms with van der Waals surface area (Å²) in [6.45, 7) is 3.38. The van der Waals surface area contributed by atoms with Crippen molar-refractivity contribution < 1.29 is 9.84 Å². The maximum absolute atomic E-state index is 9.25. The number of aliphatic hydroxyl groups is 1. The van der Waals surface area contributed by atoms with Crippen molar-refractivity contribution >= 4 is 6.34 Å². The molecule has 0 amide bonds. The van der Waals surface area contributed by atoms with Gasteiger partial charge in [-0.2, -0.15) is 0 Å². The molecule has 0 aromatic heterocycles. The fourth-order valence-electron chi connectivity index (χ4n) is 1.67. The number of benzene rings is 1. The van der Waals surface area contributed by atoms with Gasteiger partial charge in [0.2, 0.25) is 5.88 Å². The number of hydrogen-bond donors (Lipinski definition) is 2. The van der Waals surface area contributed by atoms with Gasteiger partial charge in [0, 0.05) is 6.54 Å². The molecule has 0 atom stereocenters. The minimum absolute atomic E-state index is 0.0594. The minimum atomic E-state index is 0.0594. The van der Waals surface area contributed by atoms with Crippen LogP contribution in [0.3, 0.4) is 0 Å². The van der Waals surface area contributed by atoms with E-state index in [0.29, 0.717) is 6.61 Å². The van der Waals surface area contributed by atoms with Crippen molar-refractivity contribution in [3.63, 3.8) is 0 Å². The van der Waals surface area contributed by atoms with Crippen LogP contribution >= 0.6 is 0 Å². The van der Waals surface area contributed by atoms with Gasteiger partial charge < -0.3 is 9.84 Å². The Morgan fingerprint density at radius 2 is 2.11 bits per heavy atom. The van der Waals surface area contributed by atoms with Crippen LogP contribution in [0.25, 0.3) is 0 Å². The molecule has 18 heavy (non-hydrogen) atoms. The van der Waals surface area contributed by atoms with E-state index < -0.39 is 0 Å². The summed E-state index contributed by atoms with van der Waals surface area (Å²) in [5, 5.41) is 11.0. The molecule has 1 aromatic carbocycles. The number of nitrogens with one attached hydrogen (secondary N) is 1. The highest BCUT2D eigenvalue weighted by atomic mass is 16.5. The van der Waals surface area contributed by atoms with Crippen molar-refractivity contribution in [1.29, 1.82) is 0 Å². The number of aliphatic hydroxyl groups excluding tert-OH is 1. The van der Waals surface area contributed by atoms with Crippen LogP contribution in [0, 0.1) is 0 Å². The minimum Gasteiger partial charge on any atom is -0.494 e. The molecule has 96 valence electrons. The lowest BCUT2D eigenvalue weighted by Gasteiger charge is -2.22. The fraction of sp³-hybridized carbons (Fsp3) is 0.308. The maximum Gasteiger partial charge on any atom is 0.222 e. The predicted octanol–water partition coefficient (Wildman–Crippen LogP) is 1.83. The van der Waals surface area contributed by atoms with Gasteiger partial charge in [-0.25, -0.2) is 4.99 Å².